The molecule has 23 heavy (non-hydrogen) atoms. The summed E-state index contributed by atoms with van der Waals surface area (Å²) in [6.45, 7) is 5.29. The van der Waals surface area contributed by atoms with Crippen LogP contribution in [0.1, 0.15) is 71.6 Å². The van der Waals surface area contributed by atoms with Gasteiger partial charge < -0.3 is 4.74 Å². The maximum Gasteiger partial charge on any atom is 0.139 e. The van der Waals surface area contributed by atoms with Gasteiger partial charge in [0.15, 0.2) is 0 Å². The van der Waals surface area contributed by atoms with E-state index in [0.717, 1.165) is 57.0 Å². The number of hydrogen-bond donors (Lipinski definition) is 0. The molecular formula is C21H30O2. The SMILES string of the molecule is CCCOC1=CCC2=C(CC[C@@H]3[C@@H]2CC[C@]2(C)C(=O)CC[C@@H]32)C1. The van der Waals surface area contributed by atoms with Crippen LogP contribution < -0.4 is 0 Å². The lowest BCUT2D eigenvalue weighted by molar-refractivity contribution is -0.129. The highest BCUT2D eigenvalue weighted by Gasteiger charge is 2.54. The van der Waals surface area contributed by atoms with Gasteiger partial charge in [0.2, 0.25) is 0 Å². The van der Waals surface area contributed by atoms with Crippen molar-refractivity contribution in [2.75, 3.05) is 6.61 Å². The summed E-state index contributed by atoms with van der Waals surface area (Å²) in [4.78, 5) is 12.4. The second kappa shape index (κ2) is 5.79. The van der Waals surface area contributed by atoms with Gasteiger partial charge in [0, 0.05) is 18.3 Å². The lowest BCUT2D eigenvalue weighted by Gasteiger charge is -2.49. The molecule has 0 aromatic rings. The standard InChI is InChI=1S/C21H30O2/c1-3-12-23-15-5-7-16-14(13-15)4-6-18-17(16)10-11-21(2)19(18)8-9-20(21)22/h5,17-19H,3-4,6-13H2,1-2H3/t17-,18-,19+,21+/m1/s1. The predicted octanol–water partition coefficient (Wildman–Crippen LogP) is 5.19. The lowest BCUT2D eigenvalue weighted by Crippen LogP contribution is -2.43. The molecule has 4 atom stereocenters. The minimum Gasteiger partial charge on any atom is -0.498 e. The molecule has 0 heterocycles. The molecule has 126 valence electrons. The number of rotatable bonds is 3. The molecule has 2 heteroatoms. The number of fused-ring (bicyclic) bond motifs is 4. The van der Waals surface area contributed by atoms with Gasteiger partial charge in [0.05, 0.1) is 12.4 Å². The molecule has 0 spiro atoms. The number of allylic oxidation sites excluding steroid dienone is 3. The molecule has 0 radical (unpaired) electrons. The van der Waals surface area contributed by atoms with E-state index in [9.17, 15) is 4.79 Å². The van der Waals surface area contributed by atoms with Crippen molar-refractivity contribution in [3.8, 4) is 0 Å². The number of carbonyl (C=O) groups excluding carboxylic acids is 1. The zero-order valence-corrected chi connectivity index (χ0v) is 14.7. The number of hydrogen-bond acceptors (Lipinski definition) is 2. The fourth-order valence-electron chi connectivity index (χ4n) is 6.00. The first-order chi connectivity index (χ1) is 11.1. The third-order valence-electron chi connectivity index (χ3n) is 7.26. The number of carbonyl (C=O) groups is 1. The topological polar surface area (TPSA) is 26.3 Å². The van der Waals surface area contributed by atoms with Crippen LogP contribution in [0, 0.1) is 23.2 Å². The molecule has 0 N–H and O–H groups in total. The first-order valence-corrected chi connectivity index (χ1v) is 9.69. The van der Waals surface area contributed by atoms with Crippen molar-refractivity contribution >= 4 is 5.78 Å². The summed E-state index contributed by atoms with van der Waals surface area (Å²) in [6, 6.07) is 0. The summed E-state index contributed by atoms with van der Waals surface area (Å²) < 4.78 is 5.90. The third-order valence-corrected chi connectivity index (χ3v) is 7.26. The minimum absolute atomic E-state index is 0.0130. The number of ketones is 1. The van der Waals surface area contributed by atoms with E-state index in [1.54, 1.807) is 11.1 Å². The van der Waals surface area contributed by atoms with Crippen LogP contribution in [0.15, 0.2) is 23.0 Å². The summed E-state index contributed by atoms with van der Waals surface area (Å²) in [7, 11) is 0. The summed E-state index contributed by atoms with van der Waals surface area (Å²) in [5, 5.41) is 0. The van der Waals surface area contributed by atoms with Crippen molar-refractivity contribution in [2.45, 2.75) is 71.6 Å². The number of ether oxygens (including phenoxy) is 1. The first-order valence-electron chi connectivity index (χ1n) is 9.69. The third kappa shape index (κ3) is 2.40. The molecule has 4 aliphatic carbocycles. The highest BCUT2D eigenvalue weighted by Crippen LogP contribution is 2.59. The first kappa shape index (κ1) is 15.5. The predicted molar refractivity (Wildman–Crippen MR) is 91.9 cm³/mol. The van der Waals surface area contributed by atoms with Gasteiger partial charge in [-0.25, -0.2) is 0 Å². The van der Waals surface area contributed by atoms with E-state index in [4.69, 9.17) is 4.74 Å². The molecule has 0 bridgehead atoms. The second-order valence-corrected chi connectivity index (χ2v) is 8.36. The van der Waals surface area contributed by atoms with Crippen molar-refractivity contribution in [3.05, 3.63) is 23.0 Å². The molecule has 2 fully saturated rings. The van der Waals surface area contributed by atoms with Gasteiger partial charge in [-0.05, 0) is 68.8 Å². The molecule has 2 saturated carbocycles. The quantitative estimate of drug-likeness (QED) is 0.670. The molecule has 0 aliphatic heterocycles. The smallest absolute Gasteiger partial charge is 0.139 e. The van der Waals surface area contributed by atoms with Crippen molar-refractivity contribution in [1.82, 2.24) is 0 Å². The highest BCUT2D eigenvalue weighted by molar-refractivity contribution is 5.87. The van der Waals surface area contributed by atoms with Gasteiger partial charge in [-0.3, -0.25) is 4.79 Å². The van der Waals surface area contributed by atoms with Crippen molar-refractivity contribution < 1.29 is 9.53 Å². The fourth-order valence-corrected chi connectivity index (χ4v) is 6.00. The molecule has 2 nitrogen and oxygen atoms in total. The van der Waals surface area contributed by atoms with Crippen LogP contribution in [0.2, 0.25) is 0 Å². The normalized spacial score (nSPS) is 39.5. The van der Waals surface area contributed by atoms with Gasteiger partial charge >= 0.3 is 0 Å². The largest absolute Gasteiger partial charge is 0.498 e. The maximum atomic E-state index is 12.4. The van der Waals surface area contributed by atoms with Crippen LogP contribution in [-0.2, 0) is 9.53 Å². The molecule has 0 unspecified atom stereocenters. The molecular weight excluding hydrogens is 284 g/mol. The Bertz CT molecular complexity index is 570. The zero-order chi connectivity index (χ0) is 16.0. The van der Waals surface area contributed by atoms with Crippen LogP contribution in [0.25, 0.3) is 0 Å². The molecule has 0 aromatic carbocycles. The van der Waals surface area contributed by atoms with Crippen molar-refractivity contribution in [2.24, 2.45) is 23.2 Å². The van der Waals surface area contributed by atoms with E-state index in [0.29, 0.717) is 11.7 Å². The molecule has 4 aliphatic rings. The van der Waals surface area contributed by atoms with Crippen molar-refractivity contribution in [1.29, 1.82) is 0 Å². The van der Waals surface area contributed by atoms with E-state index < -0.39 is 0 Å². The van der Waals surface area contributed by atoms with E-state index in [2.05, 4.69) is 19.9 Å². The monoisotopic (exact) mass is 314 g/mol. The Morgan fingerprint density at radius 3 is 2.96 bits per heavy atom. The van der Waals surface area contributed by atoms with Crippen LogP contribution in [0.5, 0.6) is 0 Å². The Labute approximate surface area is 140 Å². The molecule has 4 rings (SSSR count). The lowest BCUT2D eigenvalue weighted by atomic mass is 9.55. The summed E-state index contributed by atoms with van der Waals surface area (Å²) >= 11 is 0. The van der Waals surface area contributed by atoms with Gasteiger partial charge in [0.25, 0.3) is 0 Å². The van der Waals surface area contributed by atoms with Crippen molar-refractivity contribution in [3.63, 3.8) is 0 Å². The Morgan fingerprint density at radius 1 is 1.26 bits per heavy atom. The van der Waals surface area contributed by atoms with Gasteiger partial charge in [-0.1, -0.05) is 25.0 Å². The Balaban J connectivity index is 1.53. The van der Waals surface area contributed by atoms with Gasteiger partial charge in [0.1, 0.15) is 5.78 Å². The Kier molecular flexibility index (Phi) is 3.90. The van der Waals surface area contributed by atoms with E-state index in [-0.39, 0.29) is 5.41 Å². The maximum absolute atomic E-state index is 12.4. The average Bonchev–Trinajstić information content (AvgIpc) is 2.88. The van der Waals surface area contributed by atoms with E-state index in [1.807, 2.05) is 0 Å². The Morgan fingerprint density at radius 2 is 2.13 bits per heavy atom. The highest BCUT2D eigenvalue weighted by atomic mass is 16.5. The number of Topliss-reactive ketones (excluding diaryl/α,β-unsaturated/α-hetero) is 1. The van der Waals surface area contributed by atoms with Gasteiger partial charge in [-0.2, -0.15) is 0 Å². The molecule has 0 aromatic heterocycles. The fraction of sp³-hybridized carbons (Fsp3) is 0.762. The van der Waals surface area contributed by atoms with Crippen LogP contribution in [-0.4, -0.2) is 12.4 Å². The van der Waals surface area contributed by atoms with Crippen LogP contribution >= 0.6 is 0 Å². The van der Waals surface area contributed by atoms with Gasteiger partial charge in [-0.15, -0.1) is 0 Å². The van der Waals surface area contributed by atoms with E-state index >= 15 is 0 Å². The minimum atomic E-state index is 0.0130. The van der Waals surface area contributed by atoms with E-state index in [1.165, 1.54) is 25.0 Å². The summed E-state index contributed by atoms with van der Waals surface area (Å²) in [6.07, 6.45) is 12.5. The molecule has 0 saturated heterocycles. The summed E-state index contributed by atoms with van der Waals surface area (Å²) in [5.41, 5.74) is 3.42. The second-order valence-electron chi connectivity index (χ2n) is 8.36. The van der Waals surface area contributed by atoms with Crippen LogP contribution in [0.3, 0.4) is 0 Å². The molecule has 0 amide bonds. The van der Waals surface area contributed by atoms with Crippen LogP contribution in [0.4, 0.5) is 0 Å². The average molecular weight is 314 g/mol. The Hall–Kier alpha value is -1.05. The summed E-state index contributed by atoms with van der Waals surface area (Å²) in [5.74, 6) is 3.95. The zero-order valence-electron chi connectivity index (χ0n) is 14.7.